The number of nitrogens with zero attached hydrogens (tertiary/aromatic N) is 1. The summed E-state index contributed by atoms with van der Waals surface area (Å²) in [5, 5.41) is 9.71. The summed E-state index contributed by atoms with van der Waals surface area (Å²) in [5.41, 5.74) is -0.134. The van der Waals surface area contributed by atoms with E-state index in [1.165, 1.54) is 0 Å². The molecular weight excluding hydrogens is 180 g/mol. The number of likely N-dealkylation sites (tertiary alicyclic amines) is 1. The van der Waals surface area contributed by atoms with Gasteiger partial charge in [-0.3, -0.25) is 4.79 Å². The fraction of sp³-hybridized carbons (Fsp3) is 0.500. The standard InChI is InChI=1S/C10H14N2O2/c1-10(14)4-6-12(7-10)9(13)8-3-2-5-11-8/h2-3,5,11,14H,4,6-7H2,1H3. The predicted molar refractivity (Wildman–Crippen MR) is 51.9 cm³/mol. The smallest absolute Gasteiger partial charge is 0.270 e. The van der Waals surface area contributed by atoms with Gasteiger partial charge in [-0.1, -0.05) is 0 Å². The van der Waals surface area contributed by atoms with Gasteiger partial charge in [-0.2, -0.15) is 0 Å². The van der Waals surface area contributed by atoms with Gasteiger partial charge in [0.1, 0.15) is 5.69 Å². The Morgan fingerprint density at radius 3 is 3.00 bits per heavy atom. The maximum Gasteiger partial charge on any atom is 0.270 e. The third kappa shape index (κ3) is 1.65. The number of carbonyl (C=O) groups excluding carboxylic acids is 1. The minimum atomic E-state index is -0.720. The van der Waals surface area contributed by atoms with Crippen LogP contribution in [0.25, 0.3) is 0 Å². The first-order chi connectivity index (χ1) is 6.58. The molecular formula is C10H14N2O2. The van der Waals surface area contributed by atoms with Crippen LogP contribution in [0, 0.1) is 0 Å². The lowest BCUT2D eigenvalue weighted by Crippen LogP contribution is -2.34. The van der Waals surface area contributed by atoms with E-state index >= 15 is 0 Å². The molecule has 1 fully saturated rings. The molecule has 2 heterocycles. The topological polar surface area (TPSA) is 56.3 Å². The number of hydrogen-bond donors (Lipinski definition) is 2. The molecule has 1 unspecified atom stereocenters. The molecule has 0 saturated carbocycles. The normalized spacial score (nSPS) is 26.9. The number of rotatable bonds is 1. The van der Waals surface area contributed by atoms with Crippen molar-refractivity contribution in [1.82, 2.24) is 9.88 Å². The second-order valence-corrected chi connectivity index (χ2v) is 4.06. The number of aromatic amines is 1. The number of carbonyl (C=O) groups is 1. The molecule has 4 nitrogen and oxygen atoms in total. The van der Waals surface area contributed by atoms with Gasteiger partial charge in [0.15, 0.2) is 0 Å². The van der Waals surface area contributed by atoms with E-state index in [0.717, 1.165) is 0 Å². The van der Waals surface area contributed by atoms with E-state index in [1.807, 2.05) is 0 Å². The van der Waals surface area contributed by atoms with E-state index in [0.29, 0.717) is 25.2 Å². The Labute approximate surface area is 82.5 Å². The Balaban J connectivity index is 2.08. The molecule has 0 aliphatic carbocycles. The van der Waals surface area contributed by atoms with Crippen molar-refractivity contribution in [3.05, 3.63) is 24.0 Å². The minimum Gasteiger partial charge on any atom is -0.388 e. The van der Waals surface area contributed by atoms with Crippen LogP contribution in [0.5, 0.6) is 0 Å². The number of β-amino-alcohol motifs (C(OH)–C–C–N with tert-alkyl or cyclic N) is 1. The van der Waals surface area contributed by atoms with Gasteiger partial charge in [0.05, 0.1) is 5.60 Å². The van der Waals surface area contributed by atoms with Crippen molar-refractivity contribution < 1.29 is 9.90 Å². The monoisotopic (exact) mass is 194 g/mol. The Hall–Kier alpha value is -1.29. The fourth-order valence-corrected chi connectivity index (χ4v) is 1.75. The highest BCUT2D eigenvalue weighted by Gasteiger charge is 2.34. The lowest BCUT2D eigenvalue weighted by molar-refractivity contribution is 0.0569. The van der Waals surface area contributed by atoms with Crippen molar-refractivity contribution in [2.75, 3.05) is 13.1 Å². The van der Waals surface area contributed by atoms with Crippen molar-refractivity contribution in [3.63, 3.8) is 0 Å². The third-order valence-corrected chi connectivity index (χ3v) is 2.57. The summed E-state index contributed by atoms with van der Waals surface area (Å²) < 4.78 is 0. The van der Waals surface area contributed by atoms with Gasteiger partial charge in [-0.25, -0.2) is 0 Å². The van der Waals surface area contributed by atoms with Crippen molar-refractivity contribution >= 4 is 5.91 Å². The highest BCUT2D eigenvalue weighted by Crippen LogP contribution is 2.21. The molecule has 1 amide bonds. The van der Waals surface area contributed by atoms with Crippen LogP contribution in [0.3, 0.4) is 0 Å². The Bertz CT molecular complexity index is 330. The number of nitrogens with one attached hydrogen (secondary N) is 1. The maximum absolute atomic E-state index is 11.8. The lowest BCUT2D eigenvalue weighted by atomic mass is 10.1. The molecule has 14 heavy (non-hydrogen) atoms. The van der Waals surface area contributed by atoms with E-state index in [1.54, 1.807) is 30.2 Å². The maximum atomic E-state index is 11.8. The number of hydrogen-bond acceptors (Lipinski definition) is 2. The number of H-pyrrole nitrogens is 1. The van der Waals surface area contributed by atoms with Crippen LogP contribution in [0.1, 0.15) is 23.8 Å². The number of aliphatic hydroxyl groups is 1. The van der Waals surface area contributed by atoms with E-state index in [2.05, 4.69) is 4.98 Å². The average Bonchev–Trinajstić information content (AvgIpc) is 2.72. The molecule has 1 atom stereocenters. The molecule has 1 aromatic rings. The van der Waals surface area contributed by atoms with Crippen LogP contribution < -0.4 is 0 Å². The molecule has 76 valence electrons. The summed E-state index contributed by atoms with van der Waals surface area (Å²) in [5.74, 6) is -0.0345. The van der Waals surface area contributed by atoms with Crippen LogP contribution in [-0.2, 0) is 0 Å². The fourth-order valence-electron chi connectivity index (χ4n) is 1.75. The van der Waals surface area contributed by atoms with Gasteiger partial charge >= 0.3 is 0 Å². The quantitative estimate of drug-likeness (QED) is 0.688. The molecule has 0 radical (unpaired) electrons. The van der Waals surface area contributed by atoms with Gasteiger partial charge in [-0.05, 0) is 25.5 Å². The number of aromatic nitrogens is 1. The van der Waals surface area contributed by atoms with Gasteiger partial charge in [0.25, 0.3) is 5.91 Å². The highest BCUT2D eigenvalue weighted by molar-refractivity contribution is 5.92. The molecule has 0 aromatic carbocycles. The summed E-state index contributed by atoms with van der Waals surface area (Å²) >= 11 is 0. The van der Waals surface area contributed by atoms with Crippen LogP contribution in [0.2, 0.25) is 0 Å². The molecule has 1 aliphatic heterocycles. The predicted octanol–water partition coefficient (Wildman–Crippen LogP) is 0.612. The van der Waals surface area contributed by atoms with E-state index in [-0.39, 0.29) is 5.91 Å². The Morgan fingerprint density at radius 2 is 2.50 bits per heavy atom. The molecule has 4 heteroatoms. The van der Waals surface area contributed by atoms with Crippen molar-refractivity contribution in [3.8, 4) is 0 Å². The first-order valence-electron chi connectivity index (χ1n) is 4.73. The molecule has 2 N–H and O–H groups in total. The minimum absolute atomic E-state index is 0.0345. The molecule has 0 bridgehead atoms. The second kappa shape index (κ2) is 3.13. The Morgan fingerprint density at radius 1 is 1.71 bits per heavy atom. The van der Waals surface area contributed by atoms with Crippen LogP contribution >= 0.6 is 0 Å². The molecule has 1 saturated heterocycles. The first-order valence-corrected chi connectivity index (χ1v) is 4.73. The van der Waals surface area contributed by atoms with Crippen LogP contribution in [-0.4, -0.2) is 39.6 Å². The van der Waals surface area contributed by atoms with Crippen molar-refractivity contribution in [2.24, 2.45) is 0 Å². The van der Waals surface area contributed by atoms with Crippen molar-refractivity contribution in [2.45, 2.75) is 18.9 Å². The van der Waals surface area contributed by atoms with Crippen LogP contribution in [0.4, 0.5) is 0 Å². The van der Waals surface area contributed by atoms with Gasteiger partial charge in [-0.15, -0.1) is 0 Å². The van der Waals surface area contributed by atoms with E-state index in [4.69, 9.17) is 0 Å². The molecule has 0 spiro atoms. The highest BCUT2D eigenvalue weighted by atomic mass is 16.3. The average molecular weight is 194 g/mol. The summed E-state index contributed by atoms with van der Waals surface area (Å²) in [6.07, 6.45) is 2.38. The molecule has 1 aliphatic rings. The SMILES string of the molecule is CC1(O)CCN(C(=O)c2ccc[nH]2)C1. The molecule has 1 aromatic heterocycles. The summed E-state index contributed by atoms with van der Waals surface area (Å²) in [4.78, 5) is 16.3. The Kier molecular flexibility index (Phi) is 2.07. The summed E-state index contributed by atoms with van der Waals surface area (Å²) in [6.45, 7) is 2.81. The van der Waals surface area contributed by atoms with Crippen LogP contribution in [0.15, 0.2) is 18.3 Å². The number of amides is 1. The first kappa shape index (κ1) is 9.27. The summed E-state index contributed by atoms with van der Waals surface area (Å²) in [7, 11) is 0. The largest absolute Gasteiger partial charge is 0.388 e. The van der Waals surface area contributed by atoms with Gasteiger partial charge in [0, 0.05) is 19.3 Å². The lowest BCUT2D eigenvalue weighted by Gasteiger charge is -2.18. The van der Waals surface area contributed by atoms with E-state index < -0.39 is 5.60 Å². The van der Waals surface area contributed by atoms with Crippen molar-refractivity contribution in [1.29, 1.82) is 0 Å². The summed E-state index contributed by atoms with van der Waals surface area (Å²) in [6, 6.07) is 3.54. The zero-order valence-corrected chi connectivity index (χ0v) is 8.16. The van der Waals surface area contributed by atoms with Gasteiger partial charge in [0.2, 0.25) is 0 Å². The zero-order chi connectivity index (χ0) is 10.2. The molecule has 2 rings (SSSR count). The zero-order valence-electron chi connectivity index (χ0n) is 8.16. The van der Waals surface area contributed by atoms with Gasteiger partial charge < -0.3 is 15.0 Å². The third-order valence-electron chi connectivity index (χ3n) is 2.57. The van der Waals surface area contributed by atoms with E-state index in [9.17, 15) is 9.90 Å². The second-order valence-electron chi connectivity index (χ2n) is 4.06.